The first-order valence-corrected chi connectivity index (χ1v) is 9.98. The fraction of sp³-hybridized carbons (Fsp3) is 0.571. The number of halogens is 1. The van der Waals surface area contributed by atoms with Gasteiger partial charge >= 0.3 is 0 Å². The summed E-state index contributed by atoms with van der Waals surface area (Å²) in [6, 6.07) is 11.3. The predicted molar refractivity (Wildman–Crippen MR) is 124 cm³/mol. The number of fused-ring (bicyclic) bond motifs is 3. The first-order chi connectivity index (χ1) is 12.8. The van der Waals surface area contributed by atoms with E-state index < -0.39 is 0 Å². The van der Waals surface area contributed by atoms with Crippen molar-refractivity contribution in [3.8, 4) is 0 Å². The Kier molecular flexibility index (Phi) is 7.55. The van der Waals surface area contributed by atoms with Crippen LogP contribution in [0.4, 0.5) is 0 Å². The SMILES string of the molecule is CN=C(NCC1CN2CCN1CC2)N1CCC(=Cc2ccccc2)CC1.I. The Balaban J connectivity index is 0.00000210. The van der Waals surface area contributed by atoms with Crippen molar-refractivity contribution in [3.05, 3.63) is 41.5 Å². The van der Waals surface area contributed by atoms with Crippen LogP contribution >= 0.6 is 24.0 Å². The van der Waals surface area contributed by atoms with E-state index in [9.17, 15) is 0 Å². The number of hydrogen-bond acceptors (Lipinski definition) is 3. The Hall–Kier alpha value is -1.12. The number of piperidine rings is 1. The molecule has 0 saturated carbocycles. The Morgan fingerprint density at radius 3 is 2.37 bits per heavy atom. The second-order valence-corrected chi connectivity index (χ2v) is 7.62. The van der Waals surface area contributed by atoms with Gasteiger partial charge in [-0.3, -0.25) is 14.8 Å². The lowest BCUT2D eigenvalue weighted by atomic mass is 10.0. The normalized spacial score (nSPS) is 27.9. The lowest BCUT2D eigenvalue weighted by Crippen LogP contribution is -2.64. The van der Waals surface area contributed by atoms with Gasteiger partial charge in [-0.05, 0) is 18.4 Å². The zero-order valence-corrected chi connectivity index (χ0v) is 18.6. The molecule has 4 saturated heterocycles. The first-order valence-electron chi connectivity index (χ1n) is 9.98. The maximum absolute atomic E-state index is 4.55. The average molecular weight is 481 g/mol. The van der Waals surface area contributed by atoms with Gasteiger partial charge in [0.1, 0.15) is 0 Å². The summed E-state index contributed by atoms with van der Waals surface area (Å²) in [5, 5.41) is 3.65. The molecule has 0 amide bonds. The van der Waals surface area contributed by atoms with E-state index >= 15 is 0 Å². The molecule has 1 unspecified atom stereocenters. The highest BCUT2D eigenvalue weighted by molar-refractivity contribution is 14.0. The van der Waals surface area contributed by atoms with Crippen molar-refractivity contribution in [2.24, 2.45) is 4.99 Å². The van der Waals surface area contributed by atoms with Crippen LogP contribution in [0.25, 0.3) is 6.08 Å². The summed E-state index contributed by atoms with van der Waals surface area (Å²) in [4.78, 5) is 12.2. The molecule has 2 bridgehead atoms. The van der Waals surface area contributed by atoms with Gasteiger partial charge in [0.25, 0.3) is 0 Å². The van der Waals surface area contributed by atoms with Gasteiger partial charge in [-0.1, -0.05) is 42.0 Å². The molecular formula is C21H32IN5. The van der Waals surface area contributed by atoms with Crippen LogP contribution in [0.15, 0.2) is 40.9 Å². The molecule has 148 valence electrons. The smallest absolute Gasteiger partial charge is 0.193 e. The van der Waals surface area contributed by atoms with Crippen molar-refractivity contribution in [2.75, 3.05) is 59.4 Å². The van der Waals surface area contributed by atoms with Crippen molar-refractivity contribution in [1.29, 1.82) is 0 Å². The molecule has 4 fully saturated rings. The molecule has 27 heavy (non-hydrogen) atoms. The molecule has 0 radical (unpaired) electrons. The molecule has 0 aliphatic carbocycles. The van der Waals surface area contributed by atoms with Gasteiger partial charge in [0.2, 0.25) is 0 Å². The molecule has 1 atom stereocenters. The summed E-state index contributed by atoms with van der Waals surface area (Å²) in [5.74, 6) is 1.07. The number of guanidine groups is 1. The first kappa shape index (κ1) is 20.6. The molecular weight excluding hydrogens is 449 g/mol. The molecule has 6 heteroatoms. The van der Waals surface area contributed by atoms with E-state index in [2.05, 4.69) is 61.4 Å². The number of nitrogens with zero attached hydrogens (tertiary/aromatic N) is 4. The summed E-state index contributed by atoms with van der Waals surface area (Å²) in [7, 11) is 1.91. The van der Waals surface area contributed by atoms with Crippen LogP contribution in [0.2, 0.25) is 0 Å². The third-order valence-electron chi connectivity index (χ3n) is 5.98. The minimum atomic E-state index is 0. The van der Waals surface area contributed by atoms with Crippen LogP contribution in [-0.2, 0) is 0 Å². The molecule has 5 rings (SSSR count). The molecule has 4 aliphatic heterocycles. The van der Waals surface area contributed by atoms with Crippen LogP contribution < -0.4 is 5.32 Å². The summed E-state index contributed by atoms with van der Waals surface area (Å²) < 4.78 is 0. The zero-order chi connectivity index (χ0) is 17.8. The highest BCUT2D eigenvalue weighted by atomic mass is 127. The molecule has 5 nitrogen and oxygen atoms in total. The van der Waals surface area contributed by atoms with Crippen LogP contribution in [0.1, 0.15) is 18.4 Å². The quantitative estimate of drug-likeness (QED) is 0.409. The van der Waals surface area contributed by atoms with Gasteiger partial charge in [-0.15, -0.1) is 24.0 Å². The van der Waals surface area contributed by atoms with Crippen LogP contribution in [0.5, 0.6) is 0 Å². The van der Waals surface area contributed by atoms with Crippen molar-refractivity contribution in [1.82, 2.24) is 20.0 Å². The largest absolute Gasteiger partial charge is 0.355 e. The molecule has 1 N–H and O–H groups in total. The second-order valence-electron chi connectivity index (χ2n) is 7.62. The van der Waals surface area contributed by atoms with Gasteiger partial charge < -0.3 is 10.2 Å². The third kappa shape index (κ3) is 5.23. The lowest BCUT2D eigenvalue weighted by molar-refractivity contribution is 0.0152. The Labute approximate surface area is 180 Å². The summed E-state index contributed by atoms with van der Waals surface area (Å²) in [5.41, 5.74) is 2.86. The van der Waals surface area contributed by atoms with E-state index in [0.29, 0.717) is 6.04 Å². The van der Waals surface area contributed by atoms with E-state index in [4.69, 9.17) is 0 Å². The third-order valence-corrected chi connectivity index (χ3v) is 5.98. The monoisotopic (exact) mass is 481 g/mol. The van der Waals surface area contributed by atoms with Gasteiger partial charge in [-0.2, -0.15) is 0 Å². The van der Waals surface area contributed by atoms with E-state index in [1.807, 2.05) is 7.05 Å². The number of benzene rings is 1. The minimum absolute atomic E-state index is 0. The second kappa shape index (κ2) is 9.89. The Bertz CT molecular complexity index is 642. The summed E-state index contributed by atoms with van der Waals surface area (Å²) in [6.07, 6.45) is 4.60. The number of rotatable bonds is 3. The van der Waals surface area contributed by atoms with Crippen molar-refractivity contribution in [2.45, 2.75) is 18.9 Å². The van der Waals surface area contributed by atoms with E-state index in [1.165, 1.54) is 38.3 Å². The van der Waals surface area contributed by atoms with Gasteiger partial charge in [0, 0.05) is 65.4 Å². The van der Waals surface area contributed by atoms with Gasteiger partial charge in [0.05, 0.1) is 0 Å². The van der Waals surface area contributed by atoms with Crippen molar-refractivity contribution < 1.29 is 0 Å². The molecule has 4 heterocycles. The van der Waals surface area contributed by atoms with E-state index in [1.54, 1.807) is 5.57 Å². The highest BCUT2D eigenvalue weighted by Crippen LogP contribution is 2.20. The molecule has 1 aromatic rings. The lowest BCUT2D eigenvalue weighted by Gasteiger charge is -2.47. The predicted octanol–water partition coefficient (Wildman–Crippen LogP) is 2.36. The number of hydrogen-bond donors (Lipinski definition) is 1. The van der Waals surface area contributed by atoms with E-state index in [0.717, 1.165) is 38.4 Å². The van der Waals surface area contributed by atoms with Crippen LogP contribution in [0.3, 0.4) is 0 Å². The summed E-state index contributed by atoms with van der Waals surface area (Å²) in [6.45, 7) is 9.25. The molecule has 4 aliphatic rings. The van der Waals surface area contributed by atoms with E-state index in [-0.39, 0.29) is 24.0 Å². The maximum Gasteiger partial charge on any atom is 0.193 e. The van der Waals surface area contributed by atoms with Crippen LogP contribution in [0, 0.1) is 0 Å². The summed E-state index contributed by atoms with van der Waals surface area (Å²) >= 11 is 0. The number of piperazine rings is 3. The molecule has 0 spiro atoms. The average Bonchev–Trinajstić information content (AvgIpc) is 2.71. The molecule has 1 aromatic carbocycles. The topological polar surface area (TPSA) is 34.1 Å². The van der Waals surface area contributed by atoms with Crippen molar-refractivity contribution >= 4 is 36.0 Å². The number of likely N-dealkylation sites (tertiary alicyclic amines) is 1. The van der Waals surface area contributed by atoms with Gasteiger partial charge in [0.15, 0.2) is 5.96 Å². The Morgan fingerprint density at radius 1 is 1.07 bits per heavy atom. The zero-order valence-electron chi connectivity index (χ0n) is 16.3. The minimum Gasteiger partial charge on any atom is -0.355 e. The maximum atomic E-state index is 4.55. The van der Waals surface area contributed by atoms with Gasteiger partial charge in [-0.25, -0.2) is 0 Å². The van der Waals surface area contributed by atoms with Crippen molar-refractivity contribution in [3.63, 3.8) is 0 Å². The standard InChI is InChI=1S/C21H31N5.HI/c1-22-21(23-16-20-17-24-11-13-25(20)14-12-24)26-9-7-19(8-10-26)15-18-5-3-2-4-6-18;/h2-6,15,20H,7-14,16-17H2,1H3,(H,22,23);1H. The fourth-order valence-corrected chi connectivity index (χ4v) is 4.39. The number of aliphatic imine (C=N–C) groups is 1. The Morgan fingerprint density at radius 2 is 1.78 bits per heavy atom. The molecule has 0 aromatic heterocycles. The number of nitrogens with one attached hydrogen (secondary N) is 1. The van der Waals surface area contributed by atoms with Crippen LogP contribution in [-0.4, -0.2) is 86.1 Å². The highest BCUT2D eigenvalue weighted by Gasteiger charge is 2.31. The fourth-order valence-electron chi connectivity index (χ4n) is 4.39.